The van der Waals surface area contributed by atoms with E-state index in [1.807, 2.05) is 18.0 Å². The summed E-state index contributed by atoms with van der Waals surface area (Å²) in [5.41, 5.74) is 5.87. The first kappa shape index (κ1) is 14.3. The quantitative estimate of drug-likeness (QED) is 0.839. The highest BCUT2D eigenvalue weighted by molar-refractivity contribution is 5.97. The Kier molecular flexibility index (Phi) is 4.24. The molecule has 0 saturated carbocycles. The molecule has 1 fully saturated rings. The van der Waals surface area contributed by atoms with E-state index < -0.39 is 11.9 Å². The van der Waals surface area contributed by atoms with Gasteiger partial charge in [0, 0.05) is 19.6 Å². The third kappa shape index (κ3) is 2.75. The number of methoxy groups -OCH3 is 1. The van der Waals surface area contributed by atoms with E-state index in [-0.39, 0.29) is 5.91 Å². The molecule has 2 amide bonds. The van der Waals surface area contributed by atoms with E-state index in [9.17, 15) is 9.59 Å². The van der Waals surface area contributed by atoms with Gasteiger partial charge in [-0.25, -0.2) is 0 Å². The first-order valence-electron chi connectivity index (χ1n) is 6.46. The highest BCUT2D eigenvalue weighted by Crippen LogP contribution is 2.20. The van der Waals surface area contributed by atoms with Gasteiger partial charge in [-0.3, -0.25) is 14.5 Å². The summed E-state index contributed by atoms with van der Waals surface area (Å²) < 4.78 is 5.20. The number of carbonyl (C=O) groups excluding carboxylic acids is 2. The number of nitrogens with two attached hydrogens (primary N) is 1. The van der Waals surface area contributed by atoms with E-state index in [1.165, 1.54) is 7.11 Å². The number of para-hydroxylation sites is 1. The third-order valence-electron chi connectivity index (χ3n) is 3.60. The summed E-state index contributed by atoms with van der Waals surface area (Å²) in [6.07, 6.45) is 0. The standard InChI is InChI=1S/C14H19N3O3/c1-16-7-8-17(9-11(16)13(15)18)14(19)10-5-3-4-6-12(10)20-2/h3-6,11H,7-9H2,1-2H3,(H2,15,18)/t11-/m1/s1. The van der Waals surface area contributed by atoms with Gasteiger partial charge in [0.15, 0.2) is 0 Å². The SMILES string of the molecule is COc1ccccc1C(=O)N1CCN(C)[C@@H](C(N)=O)C1. The topological polar surface area (TPSA) is 75.9 Å². The van der Waals surface area contributed by atoms with Crippen LogP contribution < -0.4 is 10.5 Å². The molecule has 6 nitrogen and oxygen atoms in total. The van der Waals surface area contributed by atoms with Crippen molar-refractivity contribution >= 4 is 11.8 Å². The zero-order chi connectivity index (χ0) is 14.7. The van der Waals surface area contributed by atoms with Crippen LogP contribution >= 0.6 is 0 Å². The van der Waals surface area contributed by atoms with Crippen LogP contribution in [0.4, 0.5) is 0 Å². The predicted octanol–water partition coefficient (Wildman–Crippen LogP) is -0.0633. The molecule has 2 rings (SSSR count). The number of piperazine rings is 1. The number of hydrogen-bond donors (Lipinski definition) is 1. The molecule has 0 aromatic heterocycles. The molecule has 1 saturated heterocycles. The first-order chi connectivity index (χ1) is 9.54. The molecule has 0 bridgehead atoms. The van der Waals surface area contributed by atoms with E-state index in [0.717, 1.165) is 0 Å². The van der Waals surface area contributed by atoms with Crippen molar-refractivity contribution in [3.8, 4) is 5.75 Å². The average molecular weight is 277 g/mol. The van der Waals surface area contributed by atoms with Crippen LogP contribution in [0.2, 0.25) is 0 Å². The fourth-order valence-electron chi connectivity index (χ4n) is 2.36. The zero-order valence-corrected chi connectivity index (χ0v) is 11.7. The van der Waals surface area contributed by atoms with Crippen molar-refractivity contribution < 1.29 is 14.3 Å². The zero-order valence-electron chi connectivity index (χ0n) is 11.7. The largest absolute Gasteiger partial charge is 0.496 e. The number of nitrogens with zero attached hydrogens (tertiary/aromatic N) is 2. The Hall–Kier alpha value is -2.08. The van der Waals surface area contributed by atoms with Gasteiger partial charge in [0.1, 0.15) is 11.8 Å². The molecule has 108 valence electrons. The minimum atomic E-state index is -0.442. The van der Waals surface area contributed by atoms with Crippen molar-refractivity contribution in [3.05, 3.63) is 29.8 Å². The molecule has 0 radical (unpaired) electrons. The molecule has 1 aromatic carbocycles. The lowest BCUT2D eigenvalue weighted by atomic mass is 10.1. The van der Waals surface area contributed by atoms with Crippen molar-refractivity contribution in [2.75, 3.05) is 33.8 Å². The minimum absolute atomic E-state index is 0.137. The van der Waals surface area contributed by atoms with Crippen LogP contribution in [0.25, 0.3) is 0 Å². The number of rotatable bonds is 3. The lowest BCUT2D eigenvalue weighted by Gasteiger charge is -2.37. The maximum atomic E-state index is 12.5. The summed E-state index contributed by atoms with van der Waals surface area (Å²) in [6, 6.07) is 6.62. The summed E-state index contributed by atoms with van der Waals surface area (Å²) in [5.74, 6) is -0.0149. The lowest BCUT2D eigenvalue weighted by molar-refractivity contribution is -0.124. The second-order valence-corrected chi connectivity index (χ2v) is 4.85. The molecule has 1 heterocycles. The van der Waals surface area contributed by atoms with Gasteiger partial charge in [-0.15, -0.1) is 0 Å². The van der Waals surface area contributed by atoms with Gasteiger partial charge >= 0.3 is 0 Å². The lowest BCUT2D eigenvalue weighted by Crippen LogP contribution is -2.57. The van der Waals surface area contributed by atoms with Gasteiger partial charge in [0.2, 0.25) is 5.91 Å². The van der Waals surface area contributed by atoms with Crippen molar-refractivity contribution in [2.24, 2.45) is 5.73 Å². The number of amides is 2. The summed E-state index contributed by atoms with van der Waals surface area (Å²) in [7, 11) is 3.36. The van der Waals surface area contributed by atoms with Crippen molar-refractivity contribution in [1.29, 1.82) is 0 Å². The van der Waals surface area contributed by atoms with Crippen LogP contribution in [0.1, 0.15) is 10.4 Å². The predicted molar refractivity (Wildman–Crippen MR) is 74.5 cm³/mol. The van der Waals surface area contributed by atoms with E-state index in [2.05, 4.69) is 0 Å². The monoisotopic (exact) mass is 277 g/mol. The Bertz CT molecular complexity index is 518. The van der Waals surface area contributed by atoms with Gasteiger partial charge in [0.05, 0.1) is 12.7 Å². The van der Waals surface area contributed by atoms with Crippen molar-refractivity contribution in [3.63, 3.8) is 0 Å². The highest BCUT2D eigenvalue weighted by atomic mass is 16.5. The van der Waals surface area contributed by atoms with E-state index >= 15 is 0 Å². The first-order valence-corrected chi connectivity index (χ1v) is 6.46. The van der Waals surface area contributed by atoms with Gasteiger partial charge in [-0.1, -0.05) is 12.1 Å². The molecule has 2 N–H and O–H groups in total. The maximum absolute atomic E-state index is 12.5. The molecule has 6 heteroatoms. The van der Waals surface area contributed by atoms with E-state index in [4.69, 9.17) is 10.5 Å². The van der Waals surface area contributed by atoms with Gasteiger partial charge in [-0.2, -0.15) is 0 Å². The third-order valence-corrected chi connectivity index (χ3v) is 3.60. The number of carbonyl (C=O) groups is 2. The molecule has 1 aliphatic heterocycles. The van der Waals surface area contributed by atoms with Gasteiger partial charge in [-0.05, 0) is 19.2 Å². The Morgan fingerprint density at radius 3 is 2.65 bits per heavy atom. The number of benzene rings is 1. The Balaban J connectivity index is 2.19. The summed E-state index contributed by atoms with van der Waals surface area (Å²) in [6.45, 7) is 1.49. The molecular formula is C14H19N3O3. The molecule has 1 aromatic rings. The molecule has 0 aliphatic carbocycles. The number of ether oxygens (including phenoxy) is 1. The second-order valence-electron chi connectivity index (χ2n) is 4.85. The van der Waals surface area contributed by atoms with Crippen LogP contribution in [-0.4, -0.2) is 61.4 Å². The van der Waals surface area contributed by atoms with E-state index in [1.54, 1.807) is 23.1 Å². The van der Waals surface area contributed by atoms with Crippen molar-refractivity contribution in [1.82, 2.24) is 9.80 Å². The summed E-state index contributed by atoms with van der Waals surface area (Å²) >= 11 is 0. The highest BCUT2D eigenvalue weighted by Gasteiger charge is 2.31. The minimum Gasteiger partial charge on any atom is -0.496 e. The fourth-order valence-corrected chi connectivity index (χ4v) is 2.36. The summed E-state index contributed by atoms with van der Waals surface area (Å²) in [4.78, 5) is 27.5. The Labute approximate surface area is 118 Å². The Morgan fingerprint density at radius 1 is 1.30 bits per heavy atom. The van der Waals surface area contributed by atoms with Gasteiger partial charge in [0.25, 0.3) is 5.91 Å². The Morgan fingerprint density at radius 2 is 2.00 bits per heavy atom. The fraction of sp³-hybridized carbons (Fsp3) is 0.429. The number of likely N-dealkylation sites (N-methyl/N-ethyl adjacent to an activating group) is 1. The molecule has 20 heavy (non-hydrogen) atoms. The molecule has 1 atom stereocenters. The van der Waals surface area contributed by atoms with Crippen LogP contribution in [0, 0.1) is 0 Å². The second kappa shape index (κ2) is 5.92. The normalized spacial score (nSPS) is 19.7. The van der Waals surface area contributed by atoms with Crippen LogP contribution in [0.15, 0.2) is 24.3 Å². The summed E-state index contributed by atoms with van der Waals surface area (Å²) in [5, 5.41) is 0. The molecule has 0 spiro atoms. The van der Waals surface area contributed by atoms with E-state index in [0.29, 0.717) is 30.9 Å². The number of hydrogen-bond acceptors (Lipinski definition) is 4. The number of primary amides is 1. The molecular weight excluding hydrogens is 258 g/mol. The average Bonchev–Trinajstić information content (AvgIpc) is 2.46. The maximum Gasteiger partial charge on any atom is 0.257 e. The van der Waals surface area contributed by atoms with Crippen LogP contribution in [0.5, 0.6) is 5.75 Å². The van der Waals surface area contributed by atoms with Crippen molar-refractivity contribution in [2.45, 2.75) is 6.04 Å². The van der Waals surface area contributed by atoms with Crippen LogP contribution in [0.3, 0.4) is 0 Å². The smallest absolute Gasteiger partial charge is 0.257 e. The molecule has 1 aliphatic rings. The van der Waals surface area contributed by atoms with Crippen LogP contribution in [-0.2, 0) is 4.79 Å². The molecule has 0 unspecified atom stereocenters. The van der Waals surface area contributed by atoms with Gasteiger partial charge < -0.3 is 15.4 Å².